The van der Waals surface area contributed by atoms with E-state index in [0.717, 1.165) is 15.5 Å². The maximum atomic E-state index is 12.2. The van der Waals surface area contributed by atoms with Crippen molar-refractivity contribution in [2.75, 3.05) is 11.6 Å². The number of aromatic nitrogens is 1. The summed E-state index contributed by atoms with van der Waals surface area (Å²) >= 11 is 3.07. The van der Waals surface area contributed by atoms with E-state index in [1.54, 1.807) is 11.8 Å². The highest BCUT2D eigenvalue weighted by atomic mass is 32.2. The van der Waals surface area contributed by atoms with Crippen LogP contribution in [-0.4, -0.2) is 17.1 Å². The Labute approximate surface area is 115 Å². The van der Waals surface area contributed by atoms with Crippen LogP contribution in [0, 0.1) is 13.8 Å². The van der Waals surface area contributed by atoms with Crippen molar-refractivity contribution in [3.63, 3.8) is 0 Å². The molecule has 5 heteroatoms. The van der Waals surface area contributed by atoms with Crippen LogP contribution in [0.4, 0.5) is 5.13 Å². The predicted molar refractivity (Wildman–Crippen MR) is 77.8 cm³/mol. The molecule has 1 amide bonds. The molecule has 0 atom stereocenters. The van der Waals surface area contributed by atoms with Gasteiger partial charge in [-0.05, 0) is 32.2 Å². The molecule has 0 radical (unpaired) electrons. The number of nitrogens with one attached hydrogen (secondary N) is 1. The molecule has 1 N–H and O–H groups in total. The summed E-state index contributed by atoms with van der Waals surface area (Å²) in [5, 5.41) is 3.51. The molecule has 0 aliphatic carbocycles. The fraction of sp³-hybridized carbons (Fsp3) is 0.231. The normalized spacial score (nSPS) is 10.4. The second-order valence-corrected chi connectivity index (χ2v) is 5.87. The van der Waals surface area contributed by atoms with E-state index in [2.05, 4.69) is 10.3 Å². The molecule has 18 heavy (non-hydrogen) atoms. The minimum Gasteiger partial charge on any atom is -0.298 e. The van der Waals surface area contributed by atoms with Crippen LogP contribution in [0.2, 0.25) is 0 Å². The topological polar surface area (TPSA) is 42.0 Å². The number of carbonyl (C=O) groups is 1. The lowest BCUT2D eigenvalue weighted by Gasteiger charge is -2.05. The zero-order valence-electron chi connectivity index (χ0n) is 10.5. The van der Waals surface area contributed by atoms with Gasteiger partial charge in [0.2, 0.25) is 0 Å². The molecule has 1 aromatic carbocycles. The summed E-state index contributed by atoms with van der Waals surface area (Å²) in [4.78, 5) is 18.6. The van der Waals surface area contributed by atoms with Crippen LogP contribution >= 0.6 is 23.1 Å². The molecular formula is C13H14N2OS2. The summed E-state index contributed by atoms with van der Waals surface area (Å²) in [7, 11) is 0. The highest BCUT2D eigenvalue weighted by molar-refractivity contribution is 7.98. The smallest absolute Gasteiger partial charge is 0.258 e. The zero-order valence-corrected chi connectivity index (χ0v) is 12.1. The van der Waals surface area contributed by atoms with Gasteiger partial charge >= 0.3 is 0 Å². The van der Waals surface area contributed by atoms with Crippen LogP contribution in [0.1, 0.15) is 20.9 Å². The Morgan fingerprint density at radius 3 is 2.67 bits per heavy atom. The Kier molecular flexibility index (Phi) is 4.04. The highest BCUT2D eigenvalue weighted by Crippen LogP contribution is 2.24. The third-order valence-corrected chi connectivity index (χ3v) is 4.38. The molecule has 1 aromatic heterocycles. The van der Waals surface area contributed by atoms with Gasteiger partial charge in [0, 0.05) is 9.77 Å². The number of carbonyl (C=O) groups excluding carboxylic acids is 1. The van der Waals surface area contributed by atoms with Gasteiger partial charge in [-0.3, -0.25) is 10.1 Å². The number of thioether (sulfide) groups is 1. The van der Waals surface area contributed by atoms with Crippen molar-refractivity contribution in [2.45, 2.75) is 18.7 Å². The van der Waals surface area contributed by atoms with Crippen LogP contribution in [0.15, 0.2) is 29.2 Å². The highest BCUT2D eigenvalue weighted by Gasteiger charge is 2.12. The summed E-state index contributed by atoms with van der Waals surface area (Å²) in [5.41, 5.74) is 1.66. The van der Waals surface area contributed by atoms with Crippen molar-refractivity contribution >= 4 is 34.1 Å². The van der Waals surface area contributed by atoms with Gasteiger partial charge < -0.3 is 0 Å². The monoisotopic (exact) mass is 278 g/mol. The maximum Gasteiger partial charge on any atom is 0.258 e. The van der Waals surface area contributed by atoms with E-state index in [0.29, 0.717) is 10.7 Å². The molecule has 0 saturated heterocycles. The van der Waals surface area contributed by atoms with E-state index in [1.165, 1.54) is 11.3 Å². The van der Waals surface area contributed by atoms with Gasteiger partial charge in [0.1, 0.15) is 0 Å². The lowest BCUT2D eigenvalue weighted by Crippen LogP contribution is -2.12. The average molecular weight is 278 g/mol. The first-order chi connectivity index (χ1) is 8.61. The van der Waals surface area contributed by atoms with Crippen molar-refractivity contribution in [1.29, 1.82) is 0 Å². The van der Waals surface area contributed by atoms with Crippen LogP contribution in [-0.2, 0) is 0 Å². The summed E-state index contributed by atoms with van der Waals surface area (Å²) in [6.07, 6.45) is 1.96. The molecule has 0 aliphatic heterocycles. The molecular weight excluding hydrogens is 264 g/mol. The van der Waals surface area contributed by atoms with Crippen molar-refractivity contribution in [3.05, 3.63) is 40.4 Å². The summed E-state index contributed by atoms with van der Waals surface area (Å²) < 4.78 is 0. The SMILES string of the molecule is CSc1ccccc1C(=O)Nc1nc(C)c(C)s1. The largest absolute Gasteiger partial charge is 0.298 e. The molecule has 3 nitrogen and oxygen atoms in total. The van der Waals surface area contributed by atoms with Gasteiger partial charge in [-0.1, -0.05) is 12.1 Å². The van der Waals surface area contributed by atoms with E-state index in [4.69, 9.17) is 0 Å². The predicted octanol–water partition coefficient (Wildman–Crippen LogP) is 3.73. The maximum absolute atomic E-state index is 12.2. The lowest BCUT2D eigenvalue weighted by atomic mass is 10.2. The van der Waals surface area contributed by atoms with E-state index in [9.17, 15) is 4.79 Å². The second-order valence-electron chi connectivity index (χ2n) is 3.82. The molecule has 2 rings (SSSR count). The quantitative estimate of drug-likeness (QED) is 0.870. The summed E-state index contributed by atoms with van der Waals surface area (Å²) in [5.74, 6) is -0.103. The number of rotatable bonds is 3. The first kappa shape index (κ1) is 13.1. The van der Waals surface area contributed by atoms with Gasteiger partial charge in [-0.15, -0.1) is 23.1 Å². The second kappa shape index (κ2) is 5.54. The fourth-order valence-corrected chi connectivity index (χ4v) is 2.93. The lowest BCUT2D eigenvalue weighted by molar-refractivity contribution is 0.102. The summed E-state index contributed by atoms with van der Waals surface area (Å²) in [6, 6.07) is 7.57. The number of aryl methyl sites for hydroxylation is 2. The molecule has 2 aromatic rings. The van der Waals surface area contributed by atoms with Crippen molar-refractivity contribution < 1.29 is 4.79 Å². The Bertz CT molecular complexity index is 559. The standard InChI is InChI=1S/C13H14N2OS2/c1-8-9(2)18-13(14-8)15-12(16)10-6-4-5-7-11(10)17-3/h4-7H,1-3H3,(H,14,15,16). The number of amides is 1. The number of hydrogen-bond donors (Lipinski definition) is 1. The summed E-state index contributed by atoms with van der Waals surface area (Å²) in [6.45, 7) is 3.94. The number of anilines is 1. The molecule has 0 bridgehead atoms. The number of benzene rings is 1. The minimum absolute atomic E-state index is 0.103. The van der Waals surface area contributed by atoms with E-state index in [1.807, 2.05) is 44.4 Å². The Morgan fingerprint density at radius 1 is 1.33 bits per heavy atom. The van der Waals surface area contributed by atoms with Gasteiger partial charge in [-0.25, -0.2) is 4.98 Å². The van der Waals surface area contributed by atoms with Crippen molar-refractivity contribution in [1.82, 2.24) is 4.98 Å². The van der Waals surface area contributed by atoms with Crippen LogP contribution < -0.4 is 5.32 Å². The minimum atomic E-state index is -0.103. The molecule has 0 spiro atoms. The van der Waals surface area contributed by atoms with Crippen LogP contribution in [0.25, 0.3) is 0 Å². The molecule has 0 saturated carbocycles. The third-order valence-electron chi connectivity index (χ3n) is 2.60. The first-order valence-corrected chi connectivity index (χ1v) is 7.54. The van der Waals surface area contributed by atoms with Gasteiger partial charge in [-0.2, -0.15) is 0 Å². The van der Waals surface area contributed by atoms with Gasteiger partial charge in [0.15, 0.2) is 5.13 Å². The Morgan fingerprint density at radius 2 is 2.06 bits per heavy atom. The zero-order chi connectivity index (χ0) is 13.1. The molecule has 0 unspecified atom stereocenters. The van der Waals surface area contributed by atoms with Gasteiger partial charge in [0.25, 0.3) is 5.91 Å². The Hall–Kier alpha value is -1.33. The number of hydrogen-bond acceptors (Lipinski definition) is 4. The molecule has 0 fully saturated rings. The fourth-order valence-electron chi connectivity index (χ4n) is 1.52. The van der Waals surface area contributed by atoms with E-state index < -0.39 is 0 Å². The van der Waals surface area contributed by atoms with Gasteiger partial charge in [0.05, 0.1) is 11.3 Å². The number of nitrogens with zero attached hydrogens (tertiary/aromatic N) is 1. The van der Waals surface area contributed by atoms with Crippen molar-refractivity contribution in [2.24, 2.45) is 0 Å². The average Bonchev–Trinajstić information content (AvgIpc) is 2.68. The molecule has 94 valence electrons. The molecule has 0 aliphatic rings. The van der Waals surface area contributed by atoms with Crippen molar-refractivity contribution in [3.8, 4) is 0 Å². The molecule has 1 heterocycles. The number of thiazole rings is 1. The van der Waals surface area contributed by atoms with Crippen LogP contribution in [0.3, 0.4) is 0 Å². The van der Waals surface area contributed by atoms with E-state index >= 15 is 0 Å². The first-order valence-electron chi connectivity index (χ1n) is 5.50. The third kappa shape index (κ3) is 2.73. The van der Waals surface area contributed by atoms with Crippen LogP contribution in [0.5, 0.6) is 0 Å². The van der Waals surface area contributed by atoms with E-state index in [-0.39, 0.29) is 5.91 Å². The Balaban J connectivity index is 2.22.